The van der Waals surface area contributed by atoms with Gasteiger partial charge in [0.2, 0.25) is 0 Å². The third-order valence-corrected chi connectivity index (χ3v) is 6.35. The third kappa shape index (κ3) is 5.40. The van der Waals surface area contributed by atoms with Gasteiger partial charge >= 0.3 is 12.1 Å². The second-order valence-corrected chi connectivity index (χ2v) is 8.92. The summed E-state index contributed by atoms with van der Waals surface area (Å²) in [5.41, 5.74) is -1.65. The van der Waals surface area contributed by atoms with Crippen molar-refractivity contribution in [2.24, 2.45) is 0 Å². The van der Waals surface area contributed by atoms with Crippen molar-refractivity contribution in [3.8, 4) is 0 Å². The number of halogens is 6. The number of anilines is 1. The van der Waals surface area contributed by atoms with Crippen molar-refractivity contribution < 1.29 is 40.3 Å². The van der Waals surface area contributed by atoms with E-state index in [2.05, 4.69) is 4.98 Å². The zero-order chi connectivity index (χ0) is 24.6. The van der Waals surface area contributed by atoms with Gasteiger partial charge in [0.15, 0.2) is 5.82 Å². The average molecular weight is 507 g/mol. The summed E-state index contributed by atoms with van der Waals surface area (Å²) >= 11 is 5.92. The largest absolute Gasteiger partial charge is 0.478 e. The van der Waals surface area contributed by atoms with Crippen LogP contribution in [0.15, 0.2) is 59.6 Å². The first kappa shape index (κ1) is 24.4. The summed E-state index contributed by atoms with van der Waals surface area (Å²) in [4.78, 5) is 14.1. The van der Waals surface area contributed by atoms with Crippen LogP contribution in [0.4, 0.5) is 27.8 Å². The van der Waals surface area contributed by atoms with Gasteiger partial charge in [-0.05, 0) is 48.0 Å². The van der Waals surface area contributed by atoms with E-state index in [-0.39, 0.29) is 11.1 Å². The van der Waals surface area contributed by atoms with Gasteiger partial charge in [-0.3, -0.25) is 0 Å². The zero-order valence-electron chi connectivity index (χ0n) is 16.1. The van der Waals surface area contributed by atoms with Gasteiger partial charge in [0.1, 0.15) is 11.6 Å². The van der Waals surface area contributed by atoms with Crippen LogP contribution in [-0.4, -0.2) is 24.5 Å². The molecule has 3 aromatic rings. The van der Waals surface area contributed by atoms with Gasteiger partial charge in [-0.1, -0.05) is 11.6 Å². The minimum absolute atomic E-state index is 0.184. The van der Waals surface area contributed by atoms with Gasteiger partial charge in [-0.2, -0.15) is 13.2 Å². The molecule has 1 N–H and O–H groups in total. The first-order valence-corrected chi connectivity index (χ1v) is 10.6. The van der Waals surface area contributed by atoms with Crippen molar-refractivity contribution >= 4 is 33.4 Å². The molecule has 13 heteroatoms. The van der Waals surface area contributed by atoms with Crippen LogP contribution in [0.1, 0.15) is 21.5 Å². The van der Waals surface area contributed by atoms with Gasteiger partial charge in [0, 0.05) is 12.3 Å². The normalized spacial score (nSPS) is 11.9. The third-order valence-electron chi connectivity index (χ3n) is 4.32. The van der Waals surface area contributed by atoms with Crippen molar-refractivity contribution in [3.05, 3.63) is 88.1 Å². The fourth-order valence-corrected chi connectivity index (χ4v) is 4.55. The summed E-state index contributed by atoms with van der Waals surface area (Å²) in [6, 6.07) is 6.58. The van der Waals surface area contributed by atoms with Crippen LogP contribution in [0.2, 0.25) is 5.02 Å². The van der Waals surface area contributed by atoms with Crippen molar-refractivity contribution in [2.45, 2.75) is 17.6 Å². The van der Waals surface area contributed by atoms with E-state index < -0.39 is 61.6 Å². The number of benzene rings is 2. The second kappa shape index (κ2) is 8.94. The van der Waals surface area contributed by atoms with Gasteiger partial charge in [0.25, 0.3) is 10.0 Å². The fraction of sp³-hybridized carbons (Fsp3) is 0.100. The molecule has 6 nitrogen and oxygen atoms in total. The van der Waals surface area contributed by atoms with Gasteiger partial charge < -0.3 is 5.11 Å². The molecule has 0 aliphatic heterocycles. The van der Waals surface area contributed by atoms with Gasteiger partial charge in [-0.15, -0.1) is 0 Å². The van der Waals surface area contributed by atoms with Crippen molar-refractivity contribution in [1.82, 2.24) is 4.98 Å². The number of carbonyl (C=O) groups is 1. The lowest BCUT2D eigenvalue weighted by atomic mass is 10.2. The molecule has 0 fully saturated rings. The van der Waals surface area contributed by atoms with Crippen LogP contribution in [0, 0.1) is 11.6 Å². The Balaban J connectivity index is 2.15. The predicted octanol–water partition coefficient (Wildman–Crippen LogP) is 5.13. The number of sulfonamides is 1. The maximum absolute atomic E-state index is 13.7. The Morgan fingerprint density at radius 2 is 1.61 bits per heavy atom. The van der Waals surface area contributed by atoms with Crippen molar-refractivity contribution in [3.63, 3.8) is 0 Å². The van der Waals surface area contributed by atoms with E-state index in [0.717, 1.165) is 36.4 Å². The molecule has 0 unspecified atom stereocenters. The van der Waals surface area contributed by atoms with Crippen molar-refractivity contribution in [1.29, 1.82) is 0 Å². The second-order valence-electron chi connectivity index (χ2n) is 6.65. The molecular formula is C20H12ClF5N2O4S. The zero-order valence-corrected chi connectivity index (χ0v) is 17.7. The van der Waals surface area contributed by atoms with Crippen LogP contribution in [0.5, 0.6) is 0 Å². The first-order chi connectivity index (χ1) is 15.3. The molecule has 2 aromatic carbocycles. The van der Waals surface area contributed by atoms with Crippen LogP contribution >= 0.6 is 11.6 Å². The molecule has 0 bridgehead atoms. The van der Waals surface area contributed by atoms with E-state index in [4.69, 9.17) is 16.7 Å². The van der Waals surface area contributed by atoms with Crippen molar-refractivity contribution in [2.75, 3.05) is 4.31 Å². The molecule has 0 saturated heterocycles. The first-order valence-electron chi connectivity index (χ1n) is 8.83. The van der Waals surface area contributed by atoms with E-state index in [1.54, 1.807) is 0 Å². The van der Waals surface area contributed by atoms with E-state index in [1.807, 2.05) is 0 Å². The quantitative estimate of drug-likeness (QED) is 0.469. The van der Waals surface area contributed by atoms with Crippen LogP contribution in [0.3, 0.4) is 0 Å². The number of nitrogens with zero attached hydrogens (tertiary/aromatic N) is 2. The average Bonchev–Trinajstić information content (AvgIpc) is 2.71. The van der Waals surface area contributed by atoms with Crippen LogP contribution in [0.25, 0.3) is 0 Å². The van der Waals surface area contributed by atoms with Gasteiger partial charge in [0.05, 0.1) is 27.6 Å². The minimum atomic E-state index is -4.81. The summed E-state index contributed by atoms with van der Waals surface area (Å²) in [6.07, 6.45) is -4.44. The summed E-state index contributed by atoms with van der Waals surface area (Å²) in [5, 5.41) is 8.30. The van der Waals surface area contributed by atoms with Gasteiger partial charge in [-0.25, -0.2) is 31.3 Å². The number of hydrogen-bond acceptors (Lipinski definition) is 4. The minimum Gasteiger partial charge on any atom is -0.478 e. The Labute approximate surface area is 188 Å². The molecule has 0 aliphatic rings. The number of carboxylic acid groups (broad SMARTS) is 1. The summed E-state index contributed by atoms with van der Waals surface area (Å²) in [6.45, 7) is -0.740. The number of pyridine rings is 1. The van der Waals surface area contributed by atoms with E-state index >= 15 is 0 Å². The molecule has 0 saturated carbocycles. The Morgan fingerprint density at radius 1 is 1.03 bits per heavy atom. The lowest BCUT2D eigenvalue weighted by Gasteiger charge is -2.25. The Morgan fingerprint density at radius 3 is 2.09 bits per heavy atom. The predicted molar refractivity (Wildman–Crippen MR) is 107 cm³/mol. The highest BCUT2D eigenvalue weighted by atomic mass is 35.5. The lowest BCUT2D eigenvalue weighted by molar-refractivity contribution is -0.137. The van der Waals surface area contributed by atoms with E-state index in [0.29, 0.717) is 22.6 Å². The topological polar surface area (TPSA) is 87.6 Å². The maximum atomic E-state index is 13.7. The lowest BCUT2D eigenvalue weighted by Crippen LogP contribution is -2.32. The number of carboxylic acids is 1. The number of aromatic carboxylic acids is 1. The number of aromatic nitrogens is 1. The SMILES string of the molecule is O=C(O)c1ccc(S(=O)(=O)N(Cc2cc(F)cc(F)c2)c2ncc(C(F)(F)F)cc2Cl)cc1. The summed E-state index contributed by atoms with van der Waals surface area (Å²) in [5.74, 6) is -3.98. The molecule has 0 radical (unpaired) electrons. The molecule has 33 heavy (non-hydrogen) atoms. The highest BCUT2D eigenvalue weighted by Crippen LogP contribution is 2.36. The van der Waals surface area contributed by atoms with E-state index in [9.17, 15) is 35.2 Å². The number of alkyl halides is 3. The molecule has 1 heterocycles. The molecule has 0 spiro atoms. The molecule has 0 atom stereocenters. The Bertz CT molecular complexity index is 1290. The molecule has 0 aliphatic carbocycles. The van der Waals surface area contributed by atoms with E-state index in [1.165, 1.54) is 0 Å². The summed E-state index contributed by atoms with van der Waals surface area (Å²) in [7, 11) is -4.62. The number of hydrogen-bond donors (Lipinski definition) is 1. The maximum Gasteiger partial charge on any atom is 0.417 e. The highest BCUT2D eigenvalue weighted by Gasteiger charge is 2.34. The molecule has 0 amide bonds. The molecule has 3 rings (SSSR count). The monoisotopic (exact) mass is 506 g/mol. The Hall–Kier alpha value is -3.25. The highest BCUT2D eigenvalue weighted by molar-refractivity contribution is 7.92. The molecule has 174 valence electrons. The Kier molecular flexibility index (Phi) is 6.61. The van der Waals surface area contributed by atoms with Crippen LogP contribution in [-0.2, 0) is 22.7 Å². The molecular weight excluding hydrogens is 495 g/mol. The van der Waals surface area contributed by atoms with Crippen LogP contribution < -0.4 is 4.31 Å². The summed E-state index contributed by atoms with van der Waals surface area (Å²) < 4.78 is 93.3. The number of rotatable bonds is 6. The fourth-order valence-electron chi connectivity index (χ4n) is 2.81. The smallest absolute Gasteiger partial charge is 0.417 e. The molecule has 1 aromatic heterocycles. The standard InChI is InChI=1S/C20H12ClF5N2O4S/c21-17-7-13(20(24,25)26)9-27-18(17)28(10-11-5-14(22)8-15(23)6-11)33(31,32)16-3-1-12(2-4-16)19(29)30/h1-9H,10H2,(H,29,30).